The van der Waals surface area contributed by atoms with Crippen molar-refractivity contribution in [3.63, 3.8) is 0 Å². The van der Waals surface area contributed by atoms with Crippen LogP contribution in [0, 0.1) is 0 Å². The average molecular weight is 507 g/mol. The summed E-state index contributed by atoms with van der Waals surface area (Å²) >= 11 is 12.0. The number of halogens is 2. The molecule has 6 nitrogen and oxygen atoms in total. The number of rotatable bonds is 9. The van der Waals surface area contributed by atoms with Crippen molar-refractivity contribution < 1.29 is 17.9 Å². The number of nitrogens with one attached hydrogen (secondary N) is 1. The van der Waals surface area contributed by atoms with Gasteiger partial charge in [-0.2, -0.15) is 0 Å². The predicted octanol–water partition coefficient (Wildman–Crippen LogP) is 5.37. The molecule has 0 aliphatic carbocycles. The van der Waals surface area contributed by atoms with Gasteiger partial charge in [0.25, 0.3) is 0 Å². The zero-order valence-electron chi connectivity index (χ0n) is 18.2. The van der Waals surface area contributed by atoms with Gasteiger partial charge >= 0.3 is 0 Å². The summed E-state index contributed by atoms with van der Waals surface area (Å²) in [5.74, 6) is 0.242. The monoisotopic (exact) mass is 506 g/mol. The first-order valence-electron chi connectivity index (χ1n) is 10.3. The fourth-order valence-corrected chi connectivity index (χ4v) is 4.35. The Labute approximate surface area is 203 Å². The number of carbonyl (C=O) groups excluding carboxylic acids is 1. The number of ether oxygens (including phenoxy) is 1. The van der Waals surface area contributed by atoms with Crippen LogP contribution in [0.5, 0.6) is 5.88 Å². The zero-order chi connectivity index (χ0) is 24.0. The summed E-state index contributed by atoms with van der Waals surface area (Å²) in [5.41, 5.74) is 2.25. The predicted molar refractivity (Wildman–Crippen MR) is 131 cm³/mol. The van der Waals surface area contributed by atoms with E-state index in [1.165, 1.54) is 18.3 Å². The van der Waals surface area contributed by atoms with E-state index >= 15 is 0 Å². The molecule has 0 aliphatic rings. The molecule has 0 radical (unpaired) electrons. The second-order valence-electron chi connectivity index (χ2n) is 7.54. The maximum Gasteiger partial charge on any atom is 0.228 e. The molecule has 1 heterocycles. The van der Waals surface area contributed by atoms with Gasteiger partial charge in [0, 0.05) is 12.5 Å². The third kappa shape index (κ3) is 7.19. The lowest BCUT2D eigenvalue weighted by atomic mass is 10.1. The number of pyridine rings is 1. The Kier molecular flexibility index (Phi) is 8.35. The van der Waals surface area contributed by atoms with Crippen LogP contribution in [0.3, 0.4) is 0 Å². The molecule has 1 N–H and O–H groups in total. The van der Waals surface area contributed by atoms with E-state index in [0.29, 0.717) is 33.6 Å². The molecule has 0 aliphatic heterocycles. The molecule has 2 aromatic carbocycles. The Bertz CT molecular complexity index is 1210. The second-order valence-corrected chi connectivity index (χ2v) is 10.6. The van der Waals surface area contributed by atoms with Crippen LogP contribution in [-0.4, -0.2) is 31.2 Å². The first-order chi connectivity index (χ1) is 15.7. The van der Waals surface area contributed by atoms with Crippen LogP contribution in [0.2, 0.25) is 10.0 Å². The van der Waals surface area contributed by atoms with E-state index < -0.39 is 9.84 Å². The standard InChI is InChI=1S/C24H24Cl2N2O4S/c1-3-33(30,31)20-8-4-17(5-9-20)14-23(29)28-19-7-11-24(27-15-19)32-16(2)12-18-6-10-21(25)22(26)13-18/h4-11,13,15-16H,3,12,14H2,1-2H3,(H,28,29). The number of sulfone groups is 1. The Hall–Kier alpha value is -2.61. The van der Waals surface area contributed by atoms with E-state index in [1.54, 1.807) is 37.3 Å². The van der Waals surface area contributed by atoms with Crippen LogP contribution in [0.4, 0.5) is 5.69 Å². The number of carbonyl (C=O) groups is 1. The minimum Gasteiger partial charge on any atom is -0.474 e. The number of amides is 1. The normalized spacial score (nSPS) is 12.2. The van der Waals surface area contributed by atoms with Crippen LogP contribution < -0.4 is 10.1 Å². The molecule has 0 bridgehead atoms. The molecule has 0 spiro atoms. The van der Waals surface area contributed by atoms with Gasteiger partial charge in [0.05, 0.1) is 39.0 Å². The maximum atomic E-state index is 12.3. The summed E-state index contributed by atoms with van der Waals surface area (Å²) in [4.78, 5) is 16.8. The van der Waals surface area contributed by atoms with Gasteiger partial charge in [-0.25, -0.2) is 13.4 Å². The molecule has 1 aromatic heterocycles. The van der Waals surface area contributed by atoms with Crippen LogP contribution in [-0.2, 0) is 27.5 Å². The number of anilines is 1. The lowest BCUT2D eigenvalue weighted by molar-refractivity contribution is -0.115. The molecular weight excluding hydrogens is 483 g/mol. The molecule has 3 rings (SSSR count). The van der Waals surface area contributed by atoms with E-state index in [0.717, 1.165) is 5.56 Å². The first-order valence-corrected chi connectivity index (χ1v) is 12.8. The van der Waals surface area contributed by atoms with E-state index in [-0.39, 0.29) is 29.1 Å². The Morgan fingerprint density at radius 1 is 1.03 bits per heavy atom. The van der Waals surface area contributed by atoms with Crippen molar-refractivity contribution >= 4 is 44.6 Å². The molecule has 1 amide bonds. The largest absolute Gasteiger partial charge is 0.474 e. The van der Waals surface area contributed by atoms with Crippen LogP contribution in [0.25, 0.3) is 0 Å². The highest BCUT2D eigenvalue weighted by molar-refractivity contribution is 7.91. The van der Waals surface area contributed by atoms with E-state index in [1.807, 2.05) is 19.1 Å². The summed E-state index contributed by atoms with van der Waals surface area (Å²) in [6.45, 7) is 3.52. The van der Waals surface area contributed by atoms with Gasteiger partial charge < -0.3 is 10.1 Å². The van der Waals surface area contributed by atoms with Gasteiger partial charge in [-0.3, -0.25) is 4.79 Å². The van der Waals surface area contributed by atoms with Gasteiger partial charge in [0.15, 0.2) is 9.84 Å². The van der Waals surface area contributed by atoms with Crippen molar-refractivity contribution in [2.75, 3.05) is 11.1 Å². The summed E-state index contributed by atoms with van der Waals surface area (Å²) in [6.07, 6.45) is 2.13. The van der Waals surface area contributed by atoms with Gasteiger partial charge in [-0.15, -0.1) is 0 Å². The minimum absolute atomic E-state index is 0.0355. The third-order valence-corrected chi connectivity index (χ3v) is 7.37. The first kappa shape index (κ1) is 25.0. The van der Waals surface area contributed by atoms with Crippen molar-refractivity contribution in [1.29, 1.82) is 0 Å². The molecule has 1 atom stereocenters. The van der Waals surface area contributed by atoms with Crippen LogP contribution in [0.1, 0.15) is 25.0 Å². The summed E-state index contributed by atoms with van der Waals surface area (Å²) in [6, 6.07) is 15.2. The number of aromatic nitrogens is 1. The maximum absolute atomic E-state index is 12.3. The molecule has 0 saturated heterocycles. The highest BCUT2D eigenvalue weighted by Crippen LogP contribution is 2.24. The molecular formula is C24H24Cl2N2O4S. The highest BCUT2D eigenvalue weighted by atomic mass is 35.5. The highest BCUT2D eigenvalue weighted by Gasteiger charge is 2.12. The molecule has 0 fully saturated rings. The fraction of sp³-hybridized carbons (Fsp3) is 0.250. The van der Waals surface area contributed by atoms with Crippen LogP contribution in [0.15, 0.2) is 65.7 Å². The van der Waals surface area contributed by atoms with Gasteiger partial charge in [0.1, 0.15) is 6.10 Å². The zero-order valence-corrected chi connectivity index (χ0v) is 20.5. The third-order valence-electron chi connectivity index (χ3n) is 4.88. The molecule has 3 aromatic rings. The van der Waals surface area contributed by atoms with Crippen molar-refractivity contribution in [1.82, 2.24) is 4.98 Å². The summed E-state index contributed by atoms with van der Waals surface area (Å²) < 4.78 is 29.6. The van der Waals surface area contributed by atoms with Gasteiger partial charge in [-0.1, -0.05) is 48.3 Å². The smallest absolute Gasteiger partial charge is 0.228 e. The lowest BCUT2D eigenvalue weighted by Crippen LogP contribution is -2.16. The van der Waals surface area contributed by atoms with Crippen LogP contribution >= 0.6 is 23.2 Å². The van der Waals surface area contributed by atoms with Gasteiger partial charge in [-0.05, 0) is 48.4 Å². The van der Waals surface area contributed by atoms with E-state index in [9.17, 15) is 13.2 Å². The Morgan fingerprint density at radius 2 is 1.73 bits per heavy atom. The summed E-state index contributed by atoms with van der Waals surface area (Å²) in [5, 5.41) is 3.79. The fourth-order valence-electron chi connectivity index (χ4n) is 3.14. The molecule has 9 heteroatoms. The van der Waals surface area contributed by atoms with Crippen molar-refractivity contribution in [2.45, 2.75) is 37.7 Å². The average Bonchev–Trinajstić information content (AvgIpc) is 2.78. The molecule has 174 valence electrons. The molecule has 1 unspecified atom stereocenters. The number of benzene rings is 2. The summed E-state index contributed by atoms with van der Waals surface area (Å²) in [7, 11) is -3.26. The van der Waals surface area contributed by atoms with Gasteiger partial charge in [0.2, 0.25) is 11.8 Å². The topological polar surface area (TPSA) is 85.4 Å². The number of hydrogen-bond acceptors (Lipinski definition) is 5. The Balaban J connectivity index is 1.52. The number of nitrogens with zero attached hydrogens (tertiary/aromatic N) is 1. The van der Waals surface area contributed by atoms with E-state index in [2.05, 4.69) is 10.3 Å². The Morgan fingerprint density at radius 3 is 2.33 bits per heavy atom. The lowest BCUT2D eigenvalue weighted by Gasteiger charge is -2.15. The van der Waals surface area contributed by atoms with Crippen molar-refractivity contribution in [2.24, 2.45) is 0 Å². The van der Waals surface area contributed by atoms with Crippen molar-refractivity contribution in [3.05, 3.63) is 82.0 Å². The number of hydrogen-bond donors (Lipinski definition) is 1. The quantitative estimate of drug-likeness (QED) is 0.421. The second kappa shape index (κ2) is 11.0. The molecule has 0 saturated carbocycles. The van der Waals surface area contributed by atoms with E-state index in [4.69, 9.17) is 27.9 Å². The molecule has 33 heavy (non-hydrogen) atoms. The SMILES string of the molecule is CCS(=O)(=O)c1ccc(CC(=O)Nc2ccc(OC(C)Cc3ccc(Cl)c(Cl)c3)nc2)cc1. The minimum atomic E-state index is -3.26. The van der Waals surface area contributed by atoms with Crippen molar-refractivity contribution in [3.8, 4) is 5.88 Å².